The highest BCUT2D eigenvalue weighted by atomic mass is 16.5. The lowest BCUT2D eigenvalue weighted by Crippen LogP contribution is -2.43. The quantitative estimate of drug-likeness (QED) is 0.762. The molecule has 2 aromatic rings. The maximum Gasteiger partial charge on any atom is 0.339 e. The Balaban J connectivity index is 1.85. The Kier molecular flexibility index (Phi) is 5.77. The fraction of sp³-hybridized carbons (Fsp3) is 0.200. The second-order valence-corrected chi connectivity index (χ2v) is 6.03. The predicted octanol–water partition coefficient (Wildman–Crippen LogP) is 1.62. The third-order valence-electron chi connectivity index (χ3n) is 4.23. The van der Waals surface area contributed by atoms with Gasteiger partial charge in [-0.1, -0.05) is 12.1 Å². The van der Waals surface area contributed by atoms with Crippen LogP contribution < -0.4 is 15.0 Å². The standard InChI is InChI=1S/C20H18N2O7/c1-27-19(25)12-7-8-13(20(26)28-2)14(9-12)21-17(23)10-22-15-5-3-4-6-16(15)29-11-18(22)24/h3-9H,10-11H2,1-2H3,(H,21,23). The molecule has 1 aliphatic rings. The second-order valence-electron chi connectivity index (χ2n) is 6.03. The number of fused-ring (bicyclic) bond motifs is 1. The number of hydrogen-bond donors (Lipinski definition) is 1. The minimum Gasteiger partial charge on any atom is -0.482 e. The van der Waals surface area contributed by atoms with Gasteiger partial charge in [-0.05, 0) is 30.3 Å². The van der Waals surface area contributed by atoms with Gasteiger partial charge < -0.3 is 19.5 Å². The number of rotatable bonds is 5. The number of methoxy groups -OCH3 is 2. The Bertz CT molecular complexity index is 987. The van der Waals surface area contributed by atoms with Crippen LogP contribution in [0, 0.1) is 0 Å². The molecule has 0 fully saturated rings. The van der Waals surface area contributed by atoms with Crippen LogP contribution in [0.25, 0.3) is 0 Å². The molecule has 0 spiro atoms. The summed E-state index contributed by atoms with van der Waals surface area (Å²) in [6.45, 7) is -0.488. The van der Waals surface area contributed by atoms with Gasteiger partial charge in [-0.2, -0.15) is 0 Å². The molecule has 0 bridgehead atoms. The van der Waals surface area contributed by atoms with Gasteiger partial charge in [0.25, 0.3) is 5.91 Å². The van der Waals surface area contributed by atoms with Crippen LogP contribution in [-0.2, 0) is 19.1 Å². The number of nitrogens with one attached hydrogen (secondary N) is 1. The summed E-state index contributed by atoms with van der Waals surface area (Å²) < 4.78 is 14.7. The van der Waals surface area contributed by atoms with Gasteiger partial charge in [0.2, 0.25) is 5.91 Å². The normalized spacial score (nSPS) is 12.5. The van der Waals surface area contributed by atoms with Crippen molar-refractivity contribution in [1.82, 2.24) is 0 Å². The summed E-state index contributed by atoms with van der Waals surface area (Å²) in [5.41, 5.74) is 0.736. The molecule has 0 atom stereocenters. The van der Waals surface area contributed by atoms with Crippen LogP contribution in [0.5, 0.6) is 5.75 Å². The number of hydrogen-bond acceptors (Lipinski definition) is 7. The van der Waals surface area contributed by atoms with Crippen molar-refractivity contribution in [1.29, 1.82) is 0 Å². The molecule has 1 N–H and O–H groups in total. The van der Waals surface area contributed by atoms with Crippen molar-refractivity contribution in [3.05, 3.63) is 53.6 Å². The molecule has 0 aliphatic carbocycles. The molecule has 0 unspecified atom stereocenters. The van der Waals surface area contributed by atoms with Gasteiger partial charge in [0.15, 0.2) is 6.61 Å². The van der Waals surface area contributed by atoms with Crippen LogP contribution in [0.15, 0.2) is 42.5 Å². The highest BCUT2D eigenvalue weighted by Crippen LogP contribution is 2.31. The van der Waals surface area contributed by atoms with E-state index in [1.54, 1.807) is 24.3 Å². The van der Waals surface area contributed by atoms with Gasteiger partial charge in [0.1, 0.15) is 12.3 Å². The largest absolute Gasteiger partial charge is 0.482 e. The maximum atomic E-state index is 12.6. The van der Waals surface area contributed by atoms with E-state index in [0.717, 1.165) is 0 Å². The molecule has 2 amide bonds. The summed E-state index contributed by atoms with van der Waals surface area (Å²) in [4.78, 5) is 49.9. The van der Waals surface area contributed by atoms with Gasteiger partial charge in [-0.3, -0.25) is 14.5 Å². The van der Waals surface area contributed by atoms with Gasteiger partial charge in [0, 0.05) is 0 Å². The first kappa shape index (κ1) is 19.9. The average Bonchev–Trinajstić information content (AvgIpc) is 2.74. The summed E-state index contributed by atoms with van der Waals surface area (Å²) in [5.74, 6) is -1.78. The lowest BCUT2D eigenvalue weighted by molar-refractivity contribution is -0.123. The summed E-state index contributed by atoms with van der Waals surface area (Å²) in [6.07, 6.45) is 0. The third-order valence-corrected chi connectivity index (χ3v) is 4.23. The highest BCUT2D eigenvalue weighted by Gasteiger charge is 2.27. The van der Waals surface area contributed by atoms with E-state index in [2.05, 4.69) is 10.1 Å². The van der Waals surface area contributed by atoms with Crippen LogP contribution in [-0.4, -0.2) is 51.1 Å². The van der Waals surface area contributed by atoms with Crippen molar-refractivity contribution >= 4 is 35.1 Å². The van der Waals surface area contributed by atoms with Crippen molar-refractivity contribution < 1.29 is 33.4 Å². The Morgan fingerprint density at radius 3 is 2.52 bits per heavy atom. The molecular weight excluding hydrogens is 380 g/mol. The summed E-state index contributed by atoms with van der Waals surface area (Å²) in [7, 11) is 2.42. The molecule has 1 heterocycles. The fourth-order valence-corrected chi connectivity index (χ4v) is 2.84. The molecule has 1 aliphatic heterocycles. The molecule has 9 heteroatoms. The minimum atomic E-state index is -0.690. The van der Waals surface area contributed by atoms with Crippen molar-refractivity contribution in [2.24, 2.45) is 0 Å². The number of carbonyl (C=O) groups excluding carboxylic acids is 4. The molecular formula is C20H18N2O7. The number of amides is 2. The van der Waals surface area contributed by atoms with E-state index < -0.39 is 17.8 Å². The lowest BCUT2D eigenvalue weighted by Gasteiger charge is -2.28. The third kappa shape index (κ3) is 4.18. The van der Waals surface area contributed by atoms with E-state index in [4.69, 9.17) is 9.47 Å². The van der Waals surface area contributed by atoms with E-state index in [1.165, 1.54) is 37.3 Å². The average molecular weight is 398 g/mol. The van der Waals surface area contributed by atoms with Gasteiger partial charge in [0.05, 0.1) is 36.7 Å². The zero-order valence-electron chi connectivity index (χ0n) is 15.8. The number of esters is 2. The van der Waals surface area contributed by atoms with Crippen LogP contribution in [0.1, 0.15) is 20.7 Å². The number of benzene rings is 2. The summed E-state index contributed by atoms with van der Waals surface area (Å²) in [5, 5.41) is 2.56. The number of para-hydroxylation sites is 2. The maximum absolute atomic E-state index is 12.6. The van der Waals surface area contributed by atoms with Crippen LogP contribution in [0.4, 0.5) is 11.4 Å². The van der Waals surface area contributed by atoms with Gasteiger partial charge in [-0.15, -0.1) is 0 Å². The first-order valence-electron chi connectivity index (χ1n) is 8.57. The molecule has 29 heavy (non-hydrogen) atoms. The predicted molar refractivity (Wildman–Crippen MR) is 102 cm³/mol. The summed E-state index contributed by atoms with van der Waals surface area (Å²) in [6, 6.07) is 10.9. The monoisotopic (exact) mass is 398 g/mol. The molecule has 0 saturated heterocycles. The first-order chi connectivity index (χ1) is 13.9. The molecule has 0 radical (unpaired) electrons. The SMILES string of the molecule is COC(=O)c1ccc(C(=O)OC)c(NC(=O)CN2C(=O)COc3ccccc32)c1. The number of anilines is 2. The van der Waals surface area contributed by atoms with E-state index in [-0.39, 0.29) is 35.9 Å². The van der Waals surface area contributed by atoms with Crippen LogP contribution in [0.3, 0.4) is 0 Å². The van der Waals surface area contributed by atoms with E-state index in [0.29, 0.717) is 11.4 Å². The highest BCUT2D eigenvalue weighted by molar-refractivity contribution is 6.08. The number of carbonyl (C=O) groups is 4. The summed E-state index contributed by atoms with van der Waals surface area (Å²) >= 11 is 0. The fourth-order valence-electron chi connectivity index (χ4n) is 2.84. The van der Waals surface area contributed by atoms with Crippen molar-refractivity contribution in [2.45, 2.75) is 0 Å². The second kappa shape index (κ2) is 8.42. The molecule has 150 valence electrons. The van der Waals surface area contributed by atoms with E-state index >= 15 is 0 Å². The Labute approximate surface area is 166 Å². The molecule has 2 aromatic carbocycles. The topological polar surface area (TPSA) is 111 Å². The van der Waals surface area contributed by atoms with Crippen LogP contribution >= 0.6 is 0 Å². The Morgan fingerprint density at radius 1 is 1.07 bits per heavy atom. The number of ether oxygens (including phenoxy) is 3. The molecule has 9 nitrogen and oxygen atoms in total. The van der Waals surface area contributed by atoms with Gasteiger partial charge in [-0.25, -0.2) is 9.59 Å². The van der Waals surface area contributed by atoms with Crippen molar-refractivity contribution in [2.75, 3.05) is 37.6 Å². The Morgan fingerprint density at radius 2 is 1.79 bits per heavy atom. The van der Waals surface area contributed by atoms with Crippen LogP contribution in [0.2, 0.25) is 0 Å². The van der Waals surface area contributed by atoms with Crippen molar-refractivity contribution in [3.8, 4) is 5.75 Å². The zero-order valence-corrected chi connectivity index (χ0v) is 15.8. The minimum absolute atomic E-state index is 0.0576. The zero-order chi connectivity index (χ0) is 21.0. The van der Waals surface area contributed by atoms with E-state index in [1.807, 2.05) is 0 Å². The smallest absolute Gasteiger partial charge is 0.339 e. The van der Waals surface area contributed by atoms with Gasteiger partial charge >= 0.3 is 11.9 Å². The molecule has 0 saturated carbocycles. The van der Waals surface area contributed by atoms with Crippen molar-refractivity contribution in [3.63, 3.8) is 0 Å². The Hall–Kier alpha value is -3.88. The molecule has 0 aromatic heterocycles. The number of nitrogens with zero attached hydrogens (tertiary/aromatic N) is 1. The molecule has 3 rings (SSSR count). The lowest BCUT2D eigenvalue weighted by atomic mass is 10.1. The first-order valence-corrected chi connectivity index (χ1v) is 8.57. The van der Waals surface area contributed by atoms with E-state index in [9.17, 15) is 19.2 Å².